The van der Waals surface area contributed by atoms with Crippen LogP contribution in [0.2, 0.25) is 0 Å². The number of unbranched alkanes of at least 4 members (excludes halogenated alkanes) is 13. The van der Waals surface area contributed by atoms with E-state index in [4.69, 9.17) is 9.84 Å². The number of nitrogens with one attached hydrogen (secondary N) is 1. The molecule has 0 saturated heterocycles. The first kappa shape index (κ1) is 32.1. The first-order valence-electron chi connectivity index (χ1n) is 13.3. The predicted octanol–water partition coefficient (Wildman–Crippen LogP) is 6.12. The second kappa shape index (κ2) is 20.5. The first-order chi connectivity index (χ1) is 16.2. The SMILES string of the molecule is CC(C)(C)OC(=O)CCCCCCCCCCCCCCCCC(=O)NC(CCC=O)C(=O)O. The number of carboxylic acid groups (broad SMARTS) is 1. The van der Waals surface area contributed by atoms with E-state index in [9.17, 15) is 19.2 Å². The normalized spacial score (nSPS) is 12.2. The molecule has 0 aliphatic rings. The maximum atomic E-state index is 11.8. The molecule has 0 bridgehead atoms. The average molecular weight is 484 g/mol. The van der Waals surface area contributed by atoms with E-state index in [2.05, 4.69) is 5.32 Å². The molecule has 0 radical (unpaired) electrons. The Morgan fingerprint density at radius 3 is 1.56 bits per heavy atom. The van der Waals surface area contributed by atoms with Gasteiger partial charge in [0.25, 0.3) is 0 Å². The number of carbonyl (C=O) groups is 4. The van der Waals surface area contributed by atoms with Crippen molar-refractivity contribution in [3.63, 3.8) is 0 Å². The number of ether oxygens (including phenoxy) is 1. The number of aldehydes is 1. The zero-order valence-corrected chi connectivity index (χ0v) is 21.9. The number of rotatable bonds is 22. The molecule has 2 N–H and O–H groups in total. The second-order valence-electron chi connectivity index (χ2n) is 10.2. The van der Waals surface area contributed by atoms with Gasteiger partial charge in [0.1, 0.15) is 17.9 Å². The van der Waals surface area contributed by atoms with E-state index >= 15 is 0 Å². The summed E-state index contributed by atoms with van der Waals surface area (Å²) in [4.78, 5) is 44.9. The van der Waals surface area contributed by atoms with Crippen LogP contribution in [0.4, 0.5) is 0 Å². The Labute approximate surface area is 206 Å². The lowest BCUT2D eigenvalue weighted by atomic mass is 10.0. The molecule has 0 aliphatic carbocycles. The summed E-state index contributed by atoms with van der Waals surface area (Å²) in [7, 11) is 0. The highest BCUT2D eigenvalue weighted by atomic mass is 16.6. The molecule has 198 valence electrons. The van der Waals surface area contributed by atoms with Crippen LogP contribution in [0.5, 0.6) is 0 Å². The van der Waals surface area contributed by atoms with Gasteiger partial charge in [-0.05, 0) is 40.0 Å². The molecule has 0 rings (SSSR count). The summed E-state index contributed by atoms with van der Waals surface area (Å²) >= 11 is 0. The molecular formula is C27H49NO6. The van der Waals surface area contributed by atoms with E-state index in [1.165, 1.54) is 57.8 Å². The van der Waals surface area contributed by atoms with Crippen molar-refractivity contribution >= 4 is 24.1 Å². The molecule has 0 aliphatic heterocycles. The van der Waals surface area contributed by atoms with Crippen molar-refractivity contribution in [1.29, 1.82) is 0 Å². The minimum Gasteiger partial charge on any atom is -0.480 e. The summed E-state index contributed by atoms with van der Waals surface area (Å²) in [6, 6.07) is -0.971. The number of hydrogen-bond acceptors (Lipinski definition) is 5. The number of hydrogen-bond donors (Lipinski definition) is 2. The number of carbonyl (C=O) groups excluding carboxylic acids is 3. The van der Waals surface area contributed by atoms with Gasteiger partial charge in [0.15, 0.2) is 0 Å². The molecule has 0 fully saturated rings. The Morgan fingerprint density at radius 1 is 0.765 bits per heavy atom. The Balaban J connectivity index is 3.41. The van der Waals surface area contributed by atoms with Crippen molar-refractivity contribution in [2.24, 2.45) is 0 Å². The molecule has 1 atom stereocenters. The number of carboxylic acids is 1. The van der Waals surface area contributed by atoms with Gasteiger partial charge in [0.05, 0.1) is 0 Å². The van der Waals surface area contributed by atoms with Crippen molar-refractivity contribution < 1.29 is 29.0 Å². The second-order valence-corrected chi connectivity index (χ2v) is 10.2. The molecule has 0 aromatic rings. The molecule has 7 heteroatoms. The standard InChI is InChI=1S/C27H49NO6/c1-27(2,3)34-25(31)21-17-15-13-11-9-7-5-4-6-8-10-12-14-16-20-24(30)28-23(26(32)33)19-18-22-29/h22-23H,4-21H2,1-3H3,(H,28,30)(H,32,33). The molecule has 7 nitrogen and oxygen atoms in total. The van der Waals surface area contributed by atoms with Crippen LogP contribution in [0.1, 0.15) is 136 Å². The molecular weight excluding hydrogens is 434 g/mol. The lowest BCUT2D eigenvalue weighted by Crippen LogP contribution is -2.40. The lowest BCUT2D eigenvalue weighted by Gasteiger charge is -2.19. The van der Waals surface area contributed by atoms with Crippen LogP contribution < -0.4 is 5.32 Å². The first-order valence-corrected chi connectivity index (χ1v) is 13.3. The van der Waals surface area contributed by atoms with Crippen molar-refractivity contribution in [3.05, 3.63) is 0 Å². The fourth-order valence-electron chi connectivity index (χ4n) is 3.83. The molecule has 0 aromatic heterocycles. The summed E-state index contributed by atoms with van der Waals surface area (Å²) in [5.74, 6) is -1.43. The largest absolute Gasteiger partial charge is 0.480 e. The third kappa shape index (κ3) is 21.9. The molecule has 1 unspecified atom stereocenters. The Hall–Kier alpha value is -1.92. The zero-order valence-electron chi connectivity index (χ0n) is 21.9. The quantitative estimate of drug-likeness (QED) is 0.109. The van der Waals surface area contributed by atoms with Gasteiger partial charge in [-0.3, -0.25) is 9.59 Å². The summed E-state index contributed by atoms with van der Waals surface area (Å²) in [6.07, 6.45) is 17.9. The van der Waals surface area contributed by atoms with E-state index in [0.717, 1.165) is 32.1 Å². The van der Waals surface area contributed by atoms with E-state index in [-0.39, 0.29) is 30.3 Å². The third-order valence-electron chi connectivity index (χ3n) is 5.66. The maximum absolute atomic E-state index is 11.8. The van der Waals surface area contributed by atoms with Crippen LogP contribution >= 0.6 is 0 Å². The Kier molecular flexibility index (Phi) is 19.3. The van der Waals surface area contributed by atoms with Gasteiger partial charge in [-0.15, -0.1) is 0 Å². The highest BCUT2D eigenvalue weighted by molar-refractivity contribution is 5.83. The van der Waals surface area contributed by atoms with Crippen LogP contribution in [-0.4, -0.2) is 40.9 Å². The molecule has 0 aromatic carbocycles. The summed E-state index contributed by atoms with van der Waals surface area (Å²) in [5, 5.41) is 11.5. The Morgan fingerprint density at radius 2 is 1.18 bits per heavy atom. The van der Waals surface area contributed by atoms with Gasteiger partial charge in [-0.1, -0.05) is 77.0 Å². The summed E-state index contributed by atoms with van der Waals surface area (Å²) in [6.45, 7) is 5.70. The monoisotopic (exact) mass is 483 g/mol. The molecule has 0 heterocycles. The van der Waals surface area contributed by atoms with Crippen LogP contribution in [-0.2, 0) is 23.9 Å². The Bertz CT molecular complexity index is 570. The zero-order chi connectivity index (χ0) is 25.7. The van der Waals surface area contributed by atoms with E-state index in [0.29, 0.717) is 19.1 Å². The van der Waals surface area contributed by atoms with Crippen molar-refractivity contribution in [2.45, 2.75) is 148 Å². The van der Waals surface area contributed by atoms with E-state index < -0.39 is 12.0 Å². The fraction of sp³-hybridized carbons (Fsp3) is 0.852. The minimum atomic E-state index is -1.09. The lowest BCUT2D eigenvalue weighted by molar-refractivity contribution is -0.155. The topological polar surface area (TPSA) is 110 Å². The minimum absolute atomic E-state index is 0.0886. The highest BCUT2D eigenvalue weighted by Gasteiger charge is 2.19. The summed E-state index contributed by atoms with van der Waals surface area (Å²) in [5.41, 5.74) is -0.386. The van der Waals surface area contributed by atoms with Gasteiger partial charge < -0.3 is 20.0 Å². The van der Waals surface area contributed by atoms with Crippen LogP contribution in [0.25, 0.3) is 0 Å². The highest BCUT2D eigenvalue weighted by Crippen LogP contribution is 2.15. The third-order valence-corrected chi connectivity index (χ3v) is 5.66. The van der Waals surface area contributed by atoms with Crippen LogP contribution in [0.3, 0.4) is 0 Å². The molecule has 34 heavy (non-hydrogen) atoms. The van der Waals surface area contributed by atoms with Gasteiger partial charge in [0.2, 0.25) is 5.91 Å². The predicted molar refractivity (Wildman–Crippen MR) is 135 cm³/mol. The fourth-order valence-corrected chi connectivity index (χ4v) is 3.83. The van der Waals surface area contributed by atoms with E-state index in [1.807, 2.05) is 20.8 Å². The maximum Gasteiger partial charge on any atom is 0.326 e. The molecule has 0 saturated carbocycles. The van der Waals surface area contributed by atoms with Gasteiger partial charge >= 0.3 is 11.9 Å². The molecule has 0 spiro atoms. The van der Waals surface area contributed by atoms with Crippen LogP contribution in [0.15, 0.2) is 0 Å². The van der Waals surface area contributed by atoms with Crippen molar-refractivity contribution in [2.75, 3.05) is 0 Å². The number of amides is 1. The van der Waals surface area contributed by atoms with Crippen LogP contribution in [0, 0.1) is 0 Å². The molecule has 1 amide bonds. The number of aliphatic carboxylic acids is 1. The van der Waals surface area contributed by atoms with E-state index in [1.54, 1.807) is 0 Å². The van der Waals surface area contributed by atoms with Gasteiger partial charge in [0, 0.05) is 19.3 Å². The van der Waals surface area contributed by atoms with Crippen molar-refractivity contribution in [1.82, 2.24) is 5.32 Å². The number of esters is 1. The summed E-state index contributed by atoms with van der Waals surface area (Å²) < 4.78 is 5.31. The average Bonchev–Trinajstić information content (AvgIpc) is 2.74. The van der Waals surface area contributed by atoms with Gasteiger partial charge in [-0.2, -0.15) is 0 Å². The smallest absolute Gasteiger partial charge is 0.326 e. The van der Waals surface area contributed by atoms with Gasteiger partial charge in [-0.25, -0.2) is 4.79 Å². The van der Waals surface area contributed by atoms with Crippen molar-refractivity contribution in [3.8, 4) is 0 Å².